The van der Waals surface area contributed by atoms with Crippen LogP contribution in [0.3, 0.4) is 0 Å². The van der Waals surface area contributed by atoms with Crippen LogP contribution in [0.25, 0.3) is 11.3 Å². The summed E-state index contributed by atoms with van der Waals surface area (Å²) in [6.45, 7) is 8.15. The van der Waals surface area contributed by atoms with Crippen molar-refractivity contribution in [3.63, 3.8) is 0 Å². The standard InChI is InChI=1S/C17H21ClN4O/c1-5-23-17-12(7-6-8-20-17)14-9-13(18)16(21-10(2)3)15(22-14)11(4)19/h6-10,19,21H,5H2,1-4H3. The Hall–Kier alpha value is -2.14. The lowest BCUT2D eigenvalue weighted by molar-refractivity contribution is 0.328. The zero-order valence-corrected chi connectivity index (χ0v) is 14.5. The molecule has 0 fully saturated rings. The second-order valence-corrected chi connectivity index (χ2v) is 5.83. The van der Waals surface area contributed by atoms with E-state index in [-0.39, 0.29) is 6.04 Å². The van der Waals surface area contributed by atoms with Crippen LogP contribution in [0.1, 0.15) is 33.4 Å². The van der Waals surface area contributed by atoms with E-state index in [0.29, 0.717) is 40.3 Å². The molecule has 2 aromatic heterocycles. The molecule has 0 saturated heterocycles. The van der Waals surface area contributed by atoms with Crippen molar-refractivity contribution in [3.8, 4) is 17.1 Å². The van der Waals surface area contributed by atoms with Crippen molar-refractivity contribution in [2.24, 2.45) is 0 Å². The van der Waals surface area contributed by atoms with Crippen molar-refractivity contribution in [3.05, 3.63) is 35.1 Å². The van der Waals surface area contributed by atoms with E-state index in [2.05, 4.69) is 15.3 Å². The normalized spacial score (nSPS) is 10.7. The average molecular weight is 333 g/mol. The van der Waals surface area contributed by atoms with Gasteiger partial charge in [0.05, 0.1) is 34.3 Å². The summed E-state index contributed by atoms with van der Waals surface area (Å²) in [6.07, 6.45) is 1.67. The van der Waals surface area contributed by atoms with Gasteiger partial charge in [0, 0.05) is 12.2 Å². The van der Waals surface area contributed by atoms with Gasteiger partial charge in [-0.1, -0.05) is 11.6 Å². The minimum absolute atomic E-state index is 0.190. The molecule has 0 radical (unpaired) electrons. The molecule has 0 bridgehead atoms. The molecule has 0 saturated carbocycles. The predicted molar refractivity (Wildman–Crippen MR) is 94.9 cm³/mol. The second kappa shape index (κ2) is 7.42. The highest BCUT2D eigenvalue weighted by Gasteiger charge is 2.17. The minimum atomic E-state index is 0.190. The van der Waals surface area contributed by atoms with Crippen LogP contribution in [0.15, 0.2) is 24.4 Å². The Morgan fingerprint density at radius 3 is 2.78 bits per heavy atom. The number of pyridine rings is 2. The maximum atomic E-state index is 8.00. The molecular weight excluding hydrogens is 312 g/mol. The zero-order valence-electron chi connectivity index (χ0n) is 13.8. The van der Waals surface area contributed by atoms with Crippen molar-refractivity contribution in [1.82, 2.24) is 9.97 Å². The Morgan fingerprint density at radius 1 is 1.43 bits per heavy atom. The molecule has 5 nitrogen and oxygen atoms in total. The van der Waals surface area contributed by atoms with Gasteiger partial charge in [0.25, 0.3) is 0 Å². The van der Waals surface area contributed by atoms with E-state index in [9.17, 15) is 0 Å². The monoisotopic (exact) mass is 332 g/mol. The molecule has 0 amide bonds. The molecule has 0 unspecified atom stereocenters. The van der Waals surface area contributed by atoms with E-state index in [0.717, 1.165) is 5.56 Å². The fourth-order valence-electron chi connectivity index (χ4n) is 2.19. The van der Waals surface area contributed by atoms with Gasteiger partial charge in [0.1, 0.15) is 5.69 Å². The zero-order chi connectivity index (χ0) is 17.0. The molecule has 2 N–H and O–H groups in total. The summed E-state index contributed by atoms with van der Waals surface area (Å²) in [4.78, 5) is 8.85. The van der Waals surface area contributed by atoms with Crippen molar-refractivity contribution >= 4 is 23.0 Å². The quantitative estimate of drug-likeness (QED) is 0.769. The van der Waals surface area contributed by atoms with E-state index in [1.165, 1.54) is 0 Å². The maximum Gasteiger partial charge on any atom is 0.222 e. The highest BCUT2D eigenvalue weighted by Crippen LogP contribution is 2.33. The first kappa shape index (κ1) is 17.2. The van der Waals surface area contributed by atoms with Crippen molar-refractivity contribution in [2.75, 3.05) is 11.9 Å². The molecule has 6 heteroatoms. The number of nitrogens with one attached hydrogen (secondary N) is 2. The molecule has 0 aliphatic heterocycles. The third kappa shape index (κ3) is 3.99. The Bertz CT molecular complexity index is 716. The topological polar surface area (TPSA) is 70.9 Å². The summed E-state index contributed by atoms with van der Waals surface area (Å²) >= 11 is 6.44. The Morgan fingerprint density at radius 2 is 2.17 bits per heavy atom. The van der Waals surface area contributed by atoms with Crippen LogP contribution >= 0.6 is 11.6 Å². The van der Waals surface area contributed by atoms with Gasteiger partial charge in [-0.3, -0.25) is 0 Å². The molecule has 0 aliphatic carbocycles. The Balaban J connectivity index is 2.60. The van der Waals surface area contributed by atoms with Crippen molar-refractivity contribution < 1.29 is 4.74 Å². The third-order valence-corrected chi connectivity index (χ3v) is 3.39. The largest absolute Gasteiger partial charge is 0.477 e. The van der Waals surface area contributed by atoms with Gasteiger partial charge in [-0.2, -0.15) is 0 Å². The van der Waals surface area contributed by atoms with Gasteiger partial charge in [0.15, 0.2) is 0 Å². The molecule has 0 aromatic carbocycles. The third-order valence-electron chi connectivity index (χ3n) is 3.09. The summed E-state index contributed by atoms with van der Waals surface area (Å²) in [6, 6.07) is 5.67. The summed E-state index contributed by atoms with van der Waals surface area (Å²) in [5.41, 5.74) is 2.96. The van der Waals surface area contributed by atoms with E-state index < -0.39 is 0 Å². The number of anilines is 1. The number of aromatic nitrogens is 2. The summed E-state index contributed by atoms with van der Waals surface area (Å²) < 4.78 is 5.56. The summed E-state index contributed by atoms with van der Waals surface area (Å²) in [5.74, 6) is 0.511. The minimum Gasteiger partial charge on any atom is -0.477 e. The number of nitrogens with zero attached hydrogens (tertiary/aromatic N) is 2. The number of hydrogen-bond acceptors (Lipinski definition) is 5. The second-order valence-electron chi connectivity index (χ2n) is 5.43. The molecule has 2 heterocycles. The van der Waals surface area contributed by atoms with Gasteiger partial charge in [-0.05, 0) is 45.9 Å². The van der Waals surface area contributed by atoms with E-state index in [4.69, 9.17) is 21.7 Å². The van der Waals surface area contributed by atoms with Crippen LogP contribution in [-0.2, 0) is 0 Å². The molecule has 0 spiro atoms. The number of hydrogen-bond donors (Lipinski definition) is 2. The molecule has 0 aliphatic rings. The lowest BCUT2D eigenvalue weighted by Crippen LogP contribution is -2.15. The molecule has 122 valence electrons. The van der Waals surface area contributed by atoms with Crippen LogP contribution in [-0.4, -0.2) is 28.3 Å². The van der Waals surface area contributed by atoms with Gasteiger partial charge < -0.3 is 15.5 Å². The van der Waals surface area contributed by atoms with Crippen LogP contribution in [0, 0.1) is 5.41 Å². The maximum absolute atomic E-state index is 8.00. The molecule has 2 rings (SSSR count). The average Bonchev–Trinajstić information content (AvgIpc) is 2.49. The van der Waals surface area contributed by atoms with Gasteiger partial charge >= 0.3 is 0 Å². The van der Waals surface area contributed by atoms with E-state index >= 15 is 0 Å². The van der Waals surface area contributed by atoms with Crippen LogP contribution in [0.5, 0.6) is 5.88 Å². The van der Waals surface area contributed by atoms with Gasteiger partial charge in [0.2, 0.25) is 5.88 Å². The highest BCUT2D eigenvalue weighted by atomic mass is 35.5. The van der Waals surface area contributed by atoms with Crippen LogP contribution < -0.4 is 10.1 Å². The molecule has 23 heavy (non-hydrogen) atoms. The highest BCUT2D eigenvalue weighted by molar-refractivity contribution is 6.34. The Labute approximate surface area is 141 Å². The number of halogens is 1. The fraction of sp³-hybridized carbons (Fsp3) is 0.353. The SMILES string of the molecule is CCOc1ncccc1-c1cc(Cl)c(NC(C)C)c(C(C)=N)n1. The summed E-state index contributed by atoms with van der Waals surface area (Å²) in [5, 5.41) is 11.8. The molecular formula is C17H21ClN4O. The first-order valence-electron chi connectivity index (χ1n) is 7.54. The predicted octanol–water partition coefficient (Wildman–Crippen LogP) is 4.40. The van der Waals surface area contributed by atoms with Crippen LogP contribution in [0.4, 0.5) is 5.69 Å². The van der Waals surface area contributed by atoms with Crippen molar-refractivity contribution in [1.29, 1.82) is 5.41 Å². The van der Waals surface area contributed by atoms with Crippen LogP contribution in [0.2, 0.25) is 5.02 Å². The molecule has 0 atom stereocenters. The van der Waals surface area contributed by atoms with Crippen molar-refractivity contribution in [2.45, 2.75) is 33.7 Å². The fourth-order valence-corrected chi connectivity index (χ4v) is 2.43. The first-order chi connectivity index (χ1) is 10.9. The molecule has 2 aromatic rings. The lowest BCUT2D eigenvalue weighted by Gasteiger charge is -2.17. The smallest absolute Gasteiger partial charge is 0.222 e. The summed E-state index contributed by atoms with van der Waals surface area (Å²) in [7, 11) is 0. The Kier molecular flexibility index (Phi) is 5.55. The lowest BCUT2D eigenvalue weighted by atomic mass is 10.1. The number of ether oxygens (including phenoxy) is 1. The first-order valence-corrected chi connectivity index (χ1v) is 7.92. The number of rotatable bonds is 6. The van der Waals surface area contributed by atoms with Gasteiger partial charge in [-0.25, -0.2) is 9.97 Å². The van der Waals surface area contributed by atoms with Gasteiger partial charge in [-0.15, -0.1) is 0 Å². The van der Waals surface area contributed by atoms with E-state index in [1.807, 2.05) is 32.9 Å². The van der Waals surface area contributed by atoms with E-state index in [1.54, 1.807) is 19.2 Å².